The van der Waals surface area contributed by atoms with Gasteiger partial charge in [-0.3, -0.25) is 0 Å². The lowest BCUT2D eigenvalue weighted by atomic mass is 10.1. The molecule has 8 aromatic carbocycles. The number of rotatable bonds is 5. The van der Waals surface area contributed by atoms with E-state index in [1.807, 2.05) is 72.8 Å². The van der Waals surface area contributed by atoms with E-state index in [2.05, 4.69) is 114 Å². The average Bonchev–Trinajstić information content (AvgIpc) is 3.94. The standard InChI is InChI=1S/C51H30N4O2/c1-3-11-31(12-4-1)32-19-23-36(24-20-32)55-43-17-9-7-15-37(43)40-29-42-41-27-34(22-26-46(41)57-48(42)30-44(40)55)50-52-49(33-13-5-2-6-14-33)53-51(54-50)35-21-25-39-38-16-8-10-18-45(38)56-47(39)28-35/h1-30H. The van der Waals surface area contributed by atoms with Crippen LogP contribution in [-0.2, 0) is 0 Å². The van der Waals surface area contributed by atoms with Gasteiger partial charge in [0.15, 0.2) is 17.5 Å². The first kappa shape index (κ1) is 31.5. The summed E-state index contributed by atoms with van der Waals surface area (Å²) in [5.41, 5.74) is 11.6. The minimum atomic E-state index is 0.574. The minimum Gasteiger partial charge on any atom is -0.456 e. The second kappa shape index (κ2) is 12.3. The zero-order valence-electron chi connectivity index (χ0n) is 30.4. The van der Waals surface area contributed by atoms with Gasteiger partial charge in [-0.2, -0.15) is 0 Å². The van der Waals surface area contributed by atoms with Crippen molar-refractivity contribution in [1.29, 1.82) is 0 Å². The minimum absolute atomic E-state index is 0.574. The van der Waals surface area contributed by atoms with Crippen molar-refractivity contribution in [3.63, 3.8) is 0 Å². The maximum Gasteiger partial charge on any atom is 0.164 e. The van der Waals surface area contributed by atoms with Gasteiger partial charge >= 0.3 is 0 Å². The summed E-state index contributed by atoms with van der Waals surface area (Å²) >= 11 is 0. The molecule has 6 heteroatoms. The van der Waals surface area contributed by atoms with Crippen LogP contribution >= 0.6 is 0 Å². The number of aromatic nitrogens is 4. The van der Waals surface area contributed by atoms with Crippen LogP contribution in [0.15, 0.2) is 191 Å². The van der Waals surface area contributed by atoms with Crippen LogP contribution in [0.3, 0.4) is 0 Å². The van der Waals surface area contributed by atoms with Crippen LogP contribution < -0.4 is 0 Å². The molecule has 4 aromatic heterocycles. The second-order valence-electron chi connectivity index (χ2n) is 14.4. The summed E-state index contributed by atoms with van der Waals surface area (Å²) in [6.07, 6.45) is 0. The molecule has 266 valence electrons. The molecule has 0 aliphatic carbocycles. The van der Waals surface area contributed by atoms with Gasteiger partial charge in [-0.05, 0) is 71.8 Å². The maximum absolute atomic E-state index is 6.59. The summed E-state index contributed by atoms with van der Waals surface area (Å²) in [6.45, 7) is 0. The number of furan rings is 2. The lowest BCUT2D eigenvalue weighted by Gasteiger charge is -2.09. The van der Waals surface area contributed by atoms with Crippen molar-refractivity contribution in [3.05, 3.63) is 182 Å². The molecular formula is C51H30N4O2. The van der Waals surface area contributed by atoms with Gasteiger partial charge in [0.05, 0.1) is 11.0 Å². The first-order valence-electron chi connectivity index (χ1n) is 19.0. The largest absolute Gasteiger partial charge is 0.456 e. The Kier molecular flexibility index (Phi) is 6.83. The SMILES string of the molecule is c1ccc(-c2ccc(-n3c4ccccc4c4cc5c(cc43)oc3ccc(-c4nc(-c6ccccc6)nc(-c6ccc7c(c6)oc6ccccc67)n4)cc35)cc2)cc1. The zero-order chi connectivity index (χ0) is 37.5. The Bertz CT molecular complexity index is 3510. The summed E-state index contributed by atoms with van der Waals surface area (Å²) < 4.78 is 15.2. The molecule has 4 heterocycles. The Balaban J connectivity index is 1.01. The fourth-order valence-corrected chi connectivity index (χ4v) is 8.31. The molecule has 12 rings (SSSR count). The van der Waals surface area contributed by atoms with Crippen molar-refractivity contribution in [2.24, 2.45) is 0 Å². The number of para-hydroxylation sites is 2. The monoisotopic (exact) mass is 730 g/mol. The Morgan fingerprint density at radius 1 is 0.298 bits per heavy atom. The Morgan fingerprint density at radius 2 is 0.825 bits per heavy atom. The fourth-order valence-electron chi connectivity index (χ4n) is 8.31. The van der Waals surface area contributed by atoms with Crippen LogP contribution in [0.4, 0.5) is 0 Å². The molecule has 0 N–H and O–H groups in total. The third-order valence-electron chi connectivity index (χ3n) is 11.1. The van der Waals surface area contributed by atoms with E-state index in [0.717, 1.165) is 82.7 Å². The first-order chi connectivity index (χ1) is 28.2. The van der Waals surface area contributed by atoms with E-state index in [1.165, 1.54) is 16.5 Å². The highest BCUT2D eigenvalue weighted by atomic mass is 16.3. The van der Waals surface area contributed by atoms with Gasteiger partial charge in [0.1, 0.15) is 22.3 Å². The van der Waals surface area contributed by atoms with Crippen LogP contribution in [0.1, 0.15) is 0 Å². The van der Waals surface area contributed by atoms with Crippen LogP contribution in [0, 0.1) is 0 Å². The topological polar surface area (TPSA) is 69.9 Å². The third-order valence-corrected chi connectivity index (χ3v) is 11.1. The maximum atomic E-state index is 6.59. The van der Waals surface area contributed by atoms with E-state index in [1.54, 1.807) is 0 Å². The number of hydrogen-bond acceptors (Lipinski definition) is 5. The van der Waals surface area contributed by atoms with Crippen LogP contribution in [-0.4, -0.2) is 19.5 Å². The van der Waals surface area contributed by atoms with E-state index in [9.17, 15) is 0 Å². The van der Waals surface area contributed by atoms with Crippen molar-refractivity contribution in [1.82, 2.24) is 19.5 Å². The molecule has 6 nitrogen and oxygen atoms in total. The second-order valence-corrected chi connectivity index (χ2v) is 14.4. The highest BCUT2D eigenvalue weighted by Gasteiger charge is 2.19. The van der Waals surface area contributed by atoms with E-state index in [-0.39, 0.29) is 0 Å². The van der Waals surface area contributed by atoms with Crippen molar-refractivity contribution in [2.75, 3.05) is 0 Å². The third kappa shape index (κ3) is 5.08. The molecule has 57 heavy (non-hydrogen) atoms. The van der Waals surface area contributed by atoms with Gasteiger partial charge in [-0.1, -0.05) is 115 Å². The summed E-state index contributed by atoms with van der Waals surface area (Å²) in [5, 5.41) is 6.52. The molecule has 0 saturated carbocycles. The van der Waals surface area contributed by atoms with E-state index >= 15 is 0 Å². The lowest BCUT2D eigenvalue weighted by molar-refractivity contribution is 0.668. The molecule has 0 amide bonds. The molecule has 0 saturated heterocycles. The molecule has 0 spiro atoms. The van der Waals surface area contributed by atoms with Crippen LogP contribution in [0.5, 0.6) is 0 Å². The Morgan fingerprint density at radius 3 is 1.60 bits per heavy atom. The number of nitrogens with zero attached hydrogens (tertiary/aromatic N) is 4. The average molecular weight is 731 g/mol. The molecule has 0 fully saturated rings. The molecule has 0 radical (unpaired) electrons. The smallest absolute Gasteiger partial charge is 0.164 e. The normalized spacial score (nSPS) is 11.9. The van der Waals surface area contributed by atoms with Crippen molar-refractivity contribution in [3.8, 4) is 51.0 Å². The van der Waals surface area contributed by atoms with Crippen molar-refractivity contribution >= 4 is 65.7 Å². The summed E-state index contributed by atoms with van der Waals surface area (Å²) in [6, 6.07) is 62.8. The molecule has 0 atom stereocenters. The highest BCUT2D eigenvalue weighted by Crippen LogP contribution is 2.40. The van der Waals surface area contributed by atoms with Crippen LogP contribution in [0.2, 0.25) is 0 Å². The Hall–Kier alpha value is -7.83. The van der Waals surface area contributed by atoms with Gasteiger partial charge < -0.3 is 13.4 Å². The van der Waals surface area contributed by atoms with Gasteiger partial charge in [-0.15, -0.1) is 0 Å². The summed E-state index contributed by atoms with van der Waals surface area (Å²) in [5.74, 6) is 1.75. The molecule has 0 aliphatic rings. The number of fused-ring (bicyclic) bond motifs is 9. The lowest BCUT2D eigenvalue weighted by Crippen LogP contribution is -2.00. The first-order valence-corrected chi connectivity index (χ1v) is 19.0. The quantitative estimate of drug-likeness (QED) is 0.176. The van der Waals surface area contributed by atoms with E-state index in [0.29, 0.717) is 17.5 Å². The predicted octanol–water partition coefficient (Wildman–Crippen LogP) is 13.4. The van der Waals surface area contributed by atoms with Gasteiger partial charge in [0.25, 0.3) is 0 Å². The molecule has 12 aromatic rings. The molecular weight excluding hydrogens is 701 g/mol. The Labute approximate surface area is 325 Å². The summed E-state index contributed by atoms with van der Waals surface area (Å²) in [7, 11) is 0. The summed E-state index contributed by atoms with van der Waals surface area (Å²) in [4.78, 5) is 15.1. The predicted molar refractivity (Wildman–Crippen MR) is 230 cm³/mol. The van der Waals surface area contributed by atoms with Crippen molar-refractivity contribution < 1.29 is 8.83 Å². The van der Waals surface area contributed by atoms with Crippen molar-refractivity contribution in [2.45, 2.75) is 0 Å². The van der Waals surface area contributed by atoms with Gasteiger partial charge in [0, 0.05) is 60.8 Å². The zero-order valence-corrected chi connectivity index (χ0v) is 30.4. The number of benzene rings is 8. The number of hydrogen-bond donors (Lipinski definition) is 0. The fraction of sp³-hybridized carbons (Fsp3) is 0. The van der Waals surface area contributed by atoms with Gasteiger partial charge in [0.2, 0.25) is 0 Å². The molecule has 0 unspecified atom stereocenters. The highest BCUT2D eigenvalue weighted by molar-refractivity contribution is 6.17. The molecule has 0 bridgehead atoms. The van der Waals surface area contributed by atoms with Crippen LogP contribution in [0.25, 0.3) is 117 Å². The molecule has 0 aliphatic heterocycles. The van der Waals surface area contributed by atoms with E-state index in [4.69, 9.17) is 23.8 Å². The van der Waals surface area contributed by atoms with Gasteiger partial charge in [-0.25, -0.2) is 15.0 Å². The van der Waals surface area contributed by atoms with E-state index < -0.39 is 0 Å².